The van der Waals surface area contributed by atoms with Crippen molar-refractivity contribution < 1.29 is 37.7 Å². The maximum Gasteiger partial charge on any atom is 0.345 e. The molecule has 9 nitrogen and oxygen atoms in total. The van der Waals surface area contributed by atoms with Gasteiger partial charge in [0.2, 0.25) is 5.91 Å². The maximum atomic E-state index is 13.3. The van der Waals surface area contributed by atoms with E-state index in [0.717, 1.165) is 22.3 Å². The average molecular weight is 643 g/mol. The molecule has 0 saturated carbocycles. The number of hydrogen-bond donors (Lipinski definition) is 2. The number of carbonyl (C=O) groups excluding carboxylic acids is 3. The van der Waals surface area contributed by atoms with Crippen LogP contribution in [-0.4, -0.2) is 43.6 Å². The highest BCUT2D eigenvalue weighted by Gasteiger charge is 2.30. The van der Waals surface area contributed by atoms with E-state index < -0.39 is 29.4 Å². The number of nitrogens with one attached hydrogen (secondary N) is 1. The molecule has 3 N–H and O–H groups in total. The lowest BCUT2D eigenvalue weighted by Crippen LogP contribution is -2.51. The number of primary amides is 1. The Morgan fingerprint density at radius 2 is 1.36 bits per heavy atom. The molecule has 1 atom stereocenters. The number of rotatable bonds is 15. The quantitative estimate of drug-likeness (QED) is 0.119. The van der Waals surface area contributed by atoms with Gasteiger partial charge in [0.15, 0.2) is 0 Å². The molecule has 0 saturated heterocycles. The third-order valence-corrected chi connectivity index (χ3v) is 7.41. The number of carbonyl (C=O) groups is 3. The Morgan fingerprint density at radius 3 is 1.91 bits per heavy atom. The summed E-state index contributed by atoms with van der Waals surface area (Å²) in [7, 11) is 3.19. The lowest BCUT2D eigenvalue weighted by Gasteiger charge is -2.31. The van der Waals surface area contributed by atoms with E-state index in [1.807, 2.05) is 50.2 Å². The summed E-state index contributed by atoms with van der Waals surface area (Å²) in [6.45, 7) is 4.05. The van der Waals surface area contributed by atoms with E-state index in [1.54, 1.807) is 56.7 Å². The second-order valence-corrected chi connectivity index (χ2v) is 11.7. The minimum atomic E-state index is -0.979. The highest BCUT2D eigenvalue weighted by atomic mass is 19.1. The summed E-state index contributed by atoms with van der Waals surface area (Å²) in [5, 5.41) is 3.18. The van der Waals surface area contributed by atoms with Gasteiger partial charge >= 0.3 is 11.9 Å². The van der Waals surface area contributed by atoms with Crippen molar-refractivity contribution in [3.05, 3.63) is 114 Å². The van der Waals surface area contributed by atoms with Crippen LogP contribution in [0, 0.1) is 5.82 Å². The molecular formula is C37H39FN2O7. The van der Waals surface area contributed by atoms with Gasteiger partial charge in [-0.2, -0.15) is 0 Å². The number of benzene rings is 4. The first kappa shape index (κ1) is 34.6. The van der Waals surface area contributed by atoms with Gasteiger partial charge in [0.25, 0.3) is 0 Å². The molecule has 0 aromatic heterocycles. The van der Waals surface area contributed by atoms with Crippen LogP contribution in [0.5, 0.6) is 17.2 Å². The highest BCUT2D eigenvalue weighted by molar-refractivity contribution is 5.98. The molecule has 0 unspecified atom stereocenters. The zero-order chi connectivity index (χ0) is 34.0. The fraction of sp³-hybridized carbons (Fsp3) is 0.270. The van der Waals surface area contributed by atoms with Crippen LogP contribution in [0.1, 0.15) is 48.2 Å². The van der Waals surface area contributed by atoms with Gasteiger partial charge in [-0.3, -0.25) is 10.1 Å². The predicted octanol–water partition coefficient (Wildman–Crippen LogP) is 6.02. The molecule has 0 aliphatic rings. The molecule has 4 rings (SSSR count). The monoisotopic (exact) mass is 642 g/mol. The van der Waals surface area contributed by atoms with Crippen molar-refractivity contribution in [3.8, 4) is 28.4 Å². The molecule has 0 fully saturated rings. The molecule has 0 heterocycles. The van der Waals surface area contributed by atoms with Crippen LogP contribution in [0.2, 0.25) is 0 Å². The molecule has 0 aliphatic carbocycles. The topological polar surface area (TPSA) is 126 Å². The summed E-state index contributed by atoms with van der Waals surface area (Å²) in [6, 6.07) is 24.8. The van der Waals surface area contributed by atoms with Crippen molar-refractivity contribution in [2.45, 2.75) is 51.3 Å². The van der Waals surface area contributed by atoms with E-state index in [1.165, 1.54) is 12.1 Å². The van der Waals surface area contributed by atoms with Gasteiger partial charge in [-0.05, 0) is 97.5 Å². The number of esters is 2. The minimum absolute atomic E-state index is 0.0423. The lowest BCUT2D eigenvalue weighted by atomic mass is 9.93. The van der Waals surface area contributed by atoms with Crippen LogP contribution in [0.15, 0.2) is 91.0 Å². The number of nitrogens with two attached hydrogens (primary N) is 1. The second-order valence-electron chi connectivity index (χ2n) is 11.7. The number of halogens is 1. The van der Waals surface area contributed by atoms with Crippen molar-refractivity contribution in [1.29, 1.82) is 0 Å². The van der Waals surface area contributed by atoms with E-state index in [0.29, 0.717) is 30.3 Å². The second kappa shape index (κ2) is 15.9. The van der Waals surface area contributed by atoms with Gasteiger partial charge in [0, 0.05) is 18.0 Å². The standard InChI is InChI=1S/C37H39FN2O7/c1-37(2,22-24-5-13-29(38)14-6-24)40-33(17-18-34(39)41)36(43)47-35(42)28-9-7-26(8-10-28)27-11-15-30(16-12-27)46-23-25-19-31(44-3)21-32(20-25)45-4/h5-16,19-21,33,40H,17-18,22-23H2,1-4H3,(H2,39,41)/t33-/m0/s1. The summed E-state index contributed by atoms with van der Waals surface area (Å²) in [5.74, 6) is -0.541. The van der Waals surface area contributed by atoms with Gasteiger partial charge in [0.05, 0.1) is 19.8 Å². The summed E-state index contributed by atoms with van der Waals surface area (Å²) in [4.78, 5) is 37.5. The number of methoxy groups -OCH3 is 2. The molecule has 246 valence electrons. The Bertz CT molecular complexity index is 1650. The third kappa shape index (κ3) is 10.4. The Labute approximate surface area is 273 Å². The molecule has 10 heteroatoms. The van der Waals surface area contributed by atoms with E-state index >= 15 is 0 Å². The Hall–Kier alpha value is -5.22. The molecular weight excluding hydrogens is 603 g/mol. The maximum absolute atomic E-state index is 13.3. The number of amides is 1. The Balaban J connectivity index is 1.36. The van der Waals surface area contributed by atoms with Gasteiger partial charge in [-0.1, -0.05) is 36.4 Å². The van der Waals surface area contributed by atoms with Crippen LogP contribution in [0.3, 0.4) is 0 Å². The number of hydrogen-bond acceptors (Lipinski definition) is 8. The van der Waals surface area contributed by atoms with Crippen LogP contribution in [0.25, 0.3) is 11.1 Å². The van der Waals surface area contributed by atoms with E-state index in [9.17, 15) is 18.8 Å². The fourth-order valence-corrected chi connectivity index (χ4v) is 5.05. The average Bonchev–Trinajstić information content (AvgIpc) is 3.06. The molecule has 4 aromatic carbocycles. The Morgan fingerprint density at radius 1 is 0.787 bits per heavy atom. The minimum Gasteiger partial charge on any atom is -0.497 e. The predicted molar refractivity (Wildman–Crippen MR) is 176 cm³/mol. The smallest absolute Gasteiger partial charge is 0.345 e. The number of ether oxygens (including phenoxy) is 4. The normalized spacial score (nSPS) is 11.8. The van der Waals surface area contributed by atoms with Crippen molar-refractivity contribution in [1.82, 2.24) is 5.32 Å². The third-order valence-electron chi connectivity index (χ3n) is 7.41. The van der Waals surface area contributed by atoms with Crippen LogP contribution < -0.4 is 25.3 Å². The fourth-order valence-electron chi connectivity index (χ4n) is 5.05. The zero-order valence-corrected chi connectivity index (χ0v) is 26.9. The molecule has 47 heavy (non-hydrogen) atoms. The van der Waals surface area contributed by atoms with Crippen molar-refractivity contribution in [2.75, 3.05) is 14.2 Å². The van der Waals surface area contributed by atoms with Crippen LogP contribution >= 0.6 is 0 Å². The van der Waals surface area contributed by atoms with Crippen molar-refractivity contribution in [2.24, 2.45) is 5.73 Å². The van der Waals surface area contributed by atoms with Crippen LogP contribution in [0.4, 0.5) is 4.39 Å². The molecule has 0 aliphatic heterocycles. The molecule has 0 bridgehead atoms. The van der Waals surface area contributed by atoms with Gasteiger partial charge in [0.1, 0.15) is 35.7 Å². The highest BCUT2D eigenvalue weighted by Crippen LogP contribution is 2.26. The molecule has 0 radical (unpaired) electrons. The lowest BCUT2D eigenvalue weighted by molar-refractivity contribution is -0.141. The summed E-state index contributed by atoms with van der Waals surface area (Å²) >= 11 is 0. The van der Waals surface area contributed by atoms with Gasteiger partial charge < -0.3 is 24.7 Å². The first-order valence-corrected chi connectivity index (χ1v) is 15.1. The van der Waals surface area contributed by atoms with Crippen LogP contribution in [-0.2, 0) is 27.4 Å². The summed E-state index contributed by atoms with van der Waals surface area (Å²) in [6.07, 6.45) is 0.413. The first-order chi connectivity index (χ1) is 22.4. The molecule has 1 amide bonds. The van der Waals surface area contributed by atoms with E-state index in [-0.39, 0.29) is 24.2 Å². The Kier molecular flexibility index (Phi) is 11.7. The summed E-state index contributed by atoms with van der Waals surface area (Å²) < 4.78 is 35.1. The first-order valence-electron chi connectivity index (χ1n) is 15.1. The van der Waals surface area contributed by atoms with Gasteiger partial charge in [-0.15, -0.1) is 0 Å². The van der Waals surface area contributed by atoms with Crippen molar-refractivity contribution in [3.63, 3.8) is 0 Å². The van der Waals surface area contributed by atoms with E-state index in [4.69, 9.17) is 24.7 Å². The van der Waals surface area contributed by atoms with Crippen molar-refractivity contribution >= 4 is 17.8 Å². The van der Waals surface area contributed by atoms with Gasteiger partial charge in [-0.25, -0.2) is 14.0 Å². The largest absolute Gasteiger partial charge is 0.497 e. The van der Waals surface area contributed by atoms with E-state index in [2.05, 4.69) is 5.32 Å². The SMILES string of the molecule is COc1cc(COc2ccc(-c3ccc(C(=O)OC(=O)[C@H](CCC(N)=O)NC(C)(C)Cc4ccc(F)cc4)cc3)cc2)cc(OC)c1. The zero-order valence-electron chi connectivity index (χ0n) is 26.9. The molecule has 0 spiro atoms. The molecule has 4 aromatic rings. The summed E-state index contributed by atoms with van der Waals surface area (Å²) in [5.41, 5.74) is 8.35.